The highest BCUT2D eigenvalue weighted by molar-refractivity contribution is 8.00. The van der Waals surface area contributed by atoms with Crippen LogP contribution in [0, 0.1) is 13.8 Å². The Kier molecular flexibility index (Phi) is 5.01. The van der Waals surface area contributed by atoms with Crippen LogP contribution in [-0.4, -0.2) is 21.4 Å². The summed E-state index contributed by atoms with van der Waals surface area (Å²) in [4.78, 5) is 13.2. The van der Waals surface area contributed by atoms with Crippen molar-refractivity contribution in [3.8, 4) is 5.69 Å². The molecule has 4 nitrogen and oxygen atoms in total. The van der Waals surface area contributed by atoms with Crippen molar-refractivity contribution in [2.75, 3.05) is 11.1 Å². The average molecular weight is 337 g/mol. The quantitative estimate of drug-likeness (QED) is 0.709. The standard InChI is InChI=1S/C19H19N3OS/c1-14-7-6-8-16(11-14)22-15(2)12-18(21-22)20-19(23)13-24-17-9-4-3-5-10-17/h3-12H,13H2,1-2H3,(H,20,21,23). The number of nitrogens with zero attached hydrogens (tertiary/aromatic N) is 2. The third kappa shape index (κ3) is 4.06. The summed E-state index contributed by atoms with van der Waals surface area (Å²) in [5.41, 5.74) is 3.14. The summed E-state index contributed by atoms with van der Waals surface area (Å²) < 4.78 is 1.84. The van der Waals surface area contributed by atoms with Gasteiger partial charge in [-0.1, -0.05) is 30.3 Å². The molecule has 2 aromatic carbocycles. The molecule has 0 bridgehead atoms. The van der Waals surface area contributed by atoms with Crippen LogP contribution >= 0.6 is 11.8 Å². The Hall–Kier alpha value is -2.53. The molecule has 0 unspecified atom stereocenters. The summed E-state index contributed by atoms with van der Waals surface area (Å²) in [6, 6.07) is 19.9. The van der Waals surface area contributed by atoms with Crippen LogP contribution < -0.4 is 5.32 Å². The van der Waals surface area contributed by atoms with Crippen LogP contribution in [-0.2, 0) is 4.79 Å². The molecule has 5 heteroatoms. The topological polar surface area (TPSA) is 46.9 Å². The molecule has 1 heterocycles. The molecule has 0 aliphatic heterocycles. The third-order valence-corrected chi connectivity index (χ3v) is 4.53. The number of nitrogens with one attached hydrogen (secondary N) is 1. The second-order valence-corrected chi connectivity index (χ2v) is 6.62. The van der Waals surface area contributed by atoms with E-state index in [0.717, 1.165) is 16.3 Å². The lowest BCUT2D eigenvalue weighted by Crippen LogP contribution is -2.14. The normalized spacial score (nSPS) is 10.6. The van der Waals surface area contributed by atoms with E-state index in [1.165, 1.54) is 17.3 Å². The smallest absolute Gasteiger partial charge is 0.235 e. The van der Waals surface area contributed by atoms with Crippen molar-refractivity contribution in [2.45, 2.75) is 18.7 Å². The van der Waals surface area contributed by atoms with Gasteiger partial charge in [-0.05, 0) is 43.7 Å². The Morgan fingerprint density at radius 1 is 1.08 bits per heavy atom. The van der Waals surface area contributed by atoms with E-state index >= 15 is 0 Å². The summed E-state index contributed by atoms with van der Waals surface area (Å²) in [7, 11) is 0. The lowest BCUT2D eigenvalue weighted by atomic mass is 10.2. The highest BCUT2D eigenvalue weighted by Crippen LogP contribution is 2.19. The van der Waals surface area contributed by atoms with E-state index in [2.05, 4.69) is 16.5 Å². The van der Waals surface area contributed by atoms with Crippen molar-refractivity contribution in [3.63, 3.8) is 0 Å². The number of amides is 1. The van der Waals surface area contributed by atoms with Crippen LogP contribution in [0.4, 0.5) is 5.82 Å². The second kappa shape index (κ2) is 7.36. The molecule has 0 spiro atoms. The van der Waals surface area contributed by atoms with E-state index in [1.807, 2.05) is 73.1 Å². The predicted molar refractivity (Wildman–Crippen MR) is 98.8 cm³/mol. The molecule has 0 aliphatic rings. The van der Waals surface area contributed by atoms with Gasteiger partial charge in [-0.3, -0.25) is 4.79 Å². The van der Waals surface area contributed by atoms with E-state index in [0.29, 0.717) is 11.6 Å². The van der Waals surface area contributed by atoms with Gasteiger partial charge in [0.25, 0.3) is 0 Å². The van der Waals surface area contributed by atoms with Gasteiger partial charge in [0.1, 0.15) is 0 Å². The Labute approximate surface area is 145 Å². The van der Waals surface area contributed by atoms with Crippen molar-refractivity contribution >= 4 is 23.5 Å². The van der Waals surface area contributed by atoms with Crippen molar-refractivity contribution in [1.29, 1.82) is 0 Å². The zero-order valence-corrected chi connectivity index (χ0v) is 14.5. The number of benzene rings is 2. The van der Waals surface area contributed by atoms with Gasteiger partial charge < -0.3 is 5.32 Å². The van der Waals surface area contributed by atoms with Crippen LogP contribution in [0.3, 0.4) is 0 Å². The number of carbonyl (C=O) groups is 1. The molecule has 0 atom stereocenters. The first-order valence-electron chi connectivity index (χ1n) is 7.73. The Bertz CT molecular complexity index is 843. The first kappa shape index (κ1) is 16.3. The van der Waals surface area contributed by atoms with Gasteiger partial charge in [-0.15, -0.1) is 16.9 Å². The highest BCUT2D eigenvalue weighted by Gasteiger charge is 2.10. The molecule has 0 saturated carbocycles. The molecule has 3 aromatic rings. The van der Waals surface area contributed by atoms with Crippen molar-refractivity contribution in [1.82, 2.24) is 9.78 Å². The fourth-order valence-corrected chi connectivity index (χ4v) is 3.12. The number of rotatable bonds is 5. The molecule has 1 aromatic heterocycles. The molecule has 0 radical (unpaired) electrons. The number of carbonyl (C=O) groups excluding carboxylic acids is 1. The number of anilines is 1. The molecule has 24 heavy (non-hydrogen) atoms. The van der Waals surface area contributed by atoms with Gasteiger partial charge in [0.05, 0.1) is 11.4 Å². The van der Waals surface area contributed by atoms with E-state index in [9.17, 15) is 4.79 Å². The maximum absolute atomic E-state index is 12.1. The zero-order valence-electron chi connectivity index (χ0n) is 13.7. The van der Waals surface area contributed by atoms with Crippen molar-refractivity contribution < 1.29 is 4.79 Å². The van der Waals surface area contributed by atoms with Gasteiger partial charge in [-0.25, -0.2) is 4.68 Å². The lowest BCUT2D eigenvalue weighted by Gasteiger charge is -2.05. The largest absolute Gasteiger partial charge is 0.308 e. The Morgan fingerprint density at radius 3 is 2.62 bits per heavy atom. The number of aryl methyl sites for hydroxylation is 2. The Balaban J connectivity index is 1.65. The number of hydrogen-bond acceptors (Lipinski definition) is 3. The molecular formula is C19H19N3OS. The number of aromatic nitrogens is 2. The summed E-state index contributed by atoms with van der Waals surface area (Å²) in [6.07, 6.45) is 0. The van der Waals surface area contributed by atoms with E-state index < -0.39 is 0 Å². The van der Waals surface area contributed by atoms with Crippen LogP contribution in [0.2, 0.25) is 0 Å². The second-order valence-electron chi connectivity index (χ2n) is 5.57. The SMILES string of the molecule is Cc1cccc(-n2nc(NC(=O)CSc3ccccc3)cc2C)c1. The molecule has 1 amide bonds. The van der Waals surface area contributed by atoms with Crippen LogP contribution in [0.1, 0.15) is 11.3 Å². The van der Waals surface area contributed by atoms with Crippen LogP contribution in [0.25, 0.3) is 5.69 Å². The minimum absolute atomic E-state index is 0.0576. The van der Waals surface area contributed by atoms with Gasteiger partial charge in [-0.2, -0.15) is 0 Å². The summed E-state index contributed by atoms with van der Waals surface area (Å²) in [5, 5.41) is 7.36. The summed E-state index contributed by atoms with van der Waals surface area (Å²) in [5.74, 6) is 0.880. The maximum Gasteiger partial charge on any atom is 0.235 e. The molecule has 1 N–H and O–H groups in total. The van der Waals surface area contributed by atoms with E-state index in [4.69, 9.17) is 0 Å². The third-order valence-electron chi connectivity index (χ3n) is 3.51. The number of thioether (sulfide) groups is 1. The van der Waals surface area contributed by atoms with Crippen LogP contribution in [0.15, 0.2) is 65.6 Å². The van der Waals surface area contributed by atoms with E-state index in [1.54, 1.807) is 0 Å². The van der Waals surface area contributed by atoms with Crippen molar-refractivity contribution in [2.24, 2.45) is 0 Å². The average Bonchev–Trinajstić information content (AvgIpc) is 2.94. The Morgan fingerprint density at radius 2 is 1.88 bits per heavy atom. The van der Waals surface area contributed by atoms with Gasteiger partial charge in [0.15, 0.2) is 5.82 Å². The fraction of sp³-hybridized carbons (Fsp3) is 0.158. The minimum Gasteiger partial charge on any atom is -0.308 e. The van der Waals surface area contributed by atoms with Gasteiger partial charge >= 0.3 is 0 Å². The first-order valence-corrected chi connectivity index (χ1v) is 8.72. The molecular weight excluding hydrogens is 318 g/mol. The monoisotopic (exact) mass is 337 g/mol. The van der Waals surface area contributed by atoms with E-state index in [-0.39, 0.29) is 5.91 Å². The molecule has 122 valence electrons. The van der Waals surface area contributed by atoms with Crippen LogP contribution in [0.5, 0.6) is 0 Å². The fourth-order valence-electron chi connectivity index (χ4n) is 2.40. The molecule has 3 rings (SSSR count). The minimum atomic E-state index is -0.0576. The predicted octanol–water partition coefficient (Wildman–Crippen LogP) is 4.22. The molecule has 0 aliphatic carbocycles. The lowest BCUT2D eigenvalue weighted by molar-refractivity contribution is -0.113. The first-order chi connectivity index (χ1) is 11.6. The maximum atomic E-state index is 12.1. The van der Waals surface area contributed by atoms with Crippen molar-refractivity contribution in [3.05, 3.63) is 71.9 Å². The summed E-state index contributed by atoms with van der Waals surface area (Å²) >= 11 is 1.51. The molecule has 0 fully saturated rings. The van der Waals surface area contributed by atoms with Gasteiger partial charge in [0, 0.05) is 16.7 Å². The number of hydrogen-bond donors (Lipinski definition) is 1. The van der Waals surface area contributed by atoms with Gasteiger partial charge in [0.2, 0.25) is 5.91 Å². The summed E-state index contributed by atoms with van der Waals surface area (Å²) in [6.45, 7) is 4.02. The highest BCUT2D eigenvalue weighted by atomic mass is 32.2. The zero-order chi connectivity index (χ0) is 16.9. The molecule has 0 saturated heterocycles.